The number of nitrogens with one attached hydrogen (secondary N) is 2. The summed E-state index contributed by atoms with van der Waals surface area (Å²) < 4.78 is 19.8. The normalized spacial score (nSPS) is 16.1. The molecule has 12 heteroatoms. The monoisotopic (exact) mass is 391 g/mol. The van der Waals surface area contributed by atoms with Crippen LogP contribution in [0.3, 0.4) is 0 Å². The largest absolute Gasteiger partial charge is 0.343 e. The Balaban J connectivity index is 1.55. The number of aromatic nitrogens is 5. The van der Waals surface area contributed by atoms with Gasteiger partial charge in [0.25, 0.3) is 0 Å². The topological polar surface area (TPSA) is 134 Å². The van der Waals surface area contributed by atoms with Gasteiger partial charge in [-0.15, -0.1) is 0 Å². The van der Waals surface area contributed by atoms with Gasteiger partial charge in [0.15, 0.2) is 16.6 Å². The molecule has 1 aliphatic rings. The molecule has 2 heterocycles. The van der Waals surface area contributed by atoms with E-state index in [1.54, 1.807) is 19.2 Å². The maximum absolute atomic E-state index is 13.7. The predicted molar refractivity (Wildman–Crippen MR) is 92.0 cm³/mol. The van der Waals surface area contributed by atoms with Crippen LogP contribution in [0.2, 0.25) is 0 Å². The lowest BCUT2D eigenvalue weighted by Gasteiger charge is -2.27. The van der Waals surface area contributed by atoms with Gasteiger partial charge in [0.1, 0.15) is 11.6 Å². The van der Waals surface area contributed by atoms with Crippen molar-refractivity contribution >= 4 is 17.6 Å². The number of rotatable bonds is 5. The molecule has 1 atom stereocenters. The van der Waals surface area contributed by atoms with Crippen LogP contribution in [-0.4, -0.2) is 36.1 Å². The number of hydrogen-bond acceptors (Lipinski definition) is 8. The number of aliphatic imine (C=N–C) groups is 1. The maximum Gasteiger partial charge on any atom is 0.343 e. The van der Waals surface area contributed by atoms with Gasteiger partial charge < -0.3 is 0 Å². The van der Waals surface area contributed by atoms with E-state index >= 15 is 0 Å². The van der Waals surface area contributed by atoms with Crippen LogP contribution in [0.15, 0.2) is 37.6 Å². The van der Waals surface area contributed by atoms with E-state index in [-0.39, 0.29) is 29.1 Å². The third kappa shape index (κ3) is 3.13. The van der Waals surface area contributed by atoms with Gasteiger partial charge in [-0.1, -0.05) is 23.9 Å². The van der Waals surface area contributed by atoms with Crippen LogP contribution in [0.5, 0.6) is 0 Å². The van der Waals surface area contributed by atoms with Gasteiger partial charge in [-0.25, -0.2) is 18.9 Å². The summed E-state index contributed by atoms with van der Waals surface area (Å²) in [5, 5.41) is 23.7. The van der Waals surface area contributed by atoms with E-state index in [2.05, 4.69) is 25.5 Å². The second-order valence-electron chi connectivity index (χ2n) is 5.83. The molecular formula is C15H14FN7O3S. The first-order valence-corrected chi connectivity index (χ1v) is 8.88. The third-order valence-corrected chi connectivity index (χ3v) is 5.24. The number of halogens is 1. The molecule has 0 bridgehead atoms. The predicted octanol–water partition coefficient (Wildman–Crippen LogP) is 0.946. The lowest BCUT2D eigenvalue weighted by molar-refractivity contribution is 0.232. The van der Waals surface area contributed by atoms with Crippen molar-refractivity contribution in [2.75, 3.05) is 0 Å². The van der Waals surface area contributed by atoms with E-state index in [0.717, 1.165) is 5.56 Å². The van der Waals surface area contributed by atoms with Crippen molar-refractivity contribution in [2.24, 2.45) is 12.0 Å². The Bertz CT molecular complexity index is 1070. The lowest BCUT2D eigenvalue weighted by atomic mass is 9.83. The molecule has 1 unspecified atom stereocenters. The molecule has 4 rings (SSSR count). The zero-order chi connectivity index (χ0) is 19.0. The summed E-state index contributed by atoms with van der Waals surface area (Å²) in [6.07, 6.45) is 0.427. The summed E-state index contributed by atoms with van der Waals surface area (Å²) in [6.45, 7) is 0. The molecule has 27 heavy (non-hydrogen) atoms. The zero-order valence-corrected chi connectivity index (χ0v) is 14.8. The lowest BCUT2D eigenvalue weighted by Crippen LogP contribution is -2.26. The summed E-state index contributed by atoms with van der Waals surface area (Å²) >= 11 is 1.22. The molecule has 10 nitrogen and oxygen atoms in total. The van der Waals surface area contributed by atoms with Crippen LogP contribution < -0.4 is 11.2 Å². The van der Waals surface area contributed by atoms with Gasteiger partial charge in [-0.2, -0.15) is 5.10 Å². The van der Waals surface area contributed by atoms with Crippen molar-refractivity contribution in [3.63, 3.8) is 0 Å². The van der Waals surface area contributed by atoms with Crippen molar-refractivity contribution < 1.29 is 14.2 Å². The Morgan fingerprint density at radius 3 is 3.15 bits per heavy atom. The molecule has 2 aromatic heterocycles. The van der Waals surface area contributed by atoms with Gasteiger partial charge in [0.2, 0.25) is 0 Å². The molecule has 1 aromatic carbocycles. The highest BCUT2D eigenvalue weighted by atomic mass is 32.2. The Kier molecular flexibility index (Phi) is 4.49. The molecule has 3 aromatic rings. The van der Waals surface area contributed by atoms with Gasteiger partial charge >= 0.3 is 5.69 Å². The summed E-state index contributed by atoms with van der Waals surface area (Å²) in [5.74, 6) is 0.640. The van der Waals surface area contributed by atoms with Gasteiger partial charge in [0, 0.05) is 13.5 Å². The van der Waals surface area contributed by atoms with Crippen molar-refractivity contribution in [1.29, 1.82) is 0 Å². The Hall–Kier alpha value is -2.99. The van der Waals surface area contributed by atoms with Gasteiger partial charge in [0.05, 0.1) is 11.8 Å². The molecular weight excluding hydrogens is 377 g/mol. The quantitative estimate of drug-likeness (QED) is 0.253. The number of fused-ring (bicyclic) bond motifs is 1. The Labute approximate surface area is 155 Å². The highest BCUT2D eigenvalue weighted by Gasteiger charge is 2.30. The summed E-state index contributed by atoms with van der Waals surface area (Å²) in [4.78, 5) is 15.8. The minimum atomic E-state index is -0.320. The van der Waals surface area contributed by atoms with E-state index < -0.39 is 0 Å². The molecule has 0 fully saturated rings. The first-order chi connectivity index (χ1) is 13.1. The molecule has 140 valence electrons. The van der Waals surface area contributed by atoms with Gasteiger partial charge in [-0.3, -0.25) is 20.2 Å². The molecule has 0 amide bonds. The van der Waals surface area contributed by atoms with E-state index in [4.69, 9.17) is 4.63 Å². The first-order valence-electron chi connectivity index (χ1n) is 7.89. The number of hydrogen-bond donors (Lipinski definition) is 3. The zero-order valence-electron chi connectivity index (χ0n) is 14.0. The average Bonchev–Trinajstić information content (AvgIpc) is 3.23. The fourth-order valence-corrected chi connectivity index (χ4v) is 3.63. The number of aromatic amines is 1. The molecule has 0 saturated heterocycles. The van der Waals surface area contributed by atoms with Crippen molar-refractivity contribution in [2.45, 2.75) is 23.2 Å². The minimum absolute atomic E-state index is 0.0644. The van der Waals surface area contributed by atoms with Gasteiger partial charge in [-0.05, 0) is 27.5 Å². The minimum Gasteiger partial charge on any atom is -0.290 e. The summed E-state index contributed by atoms with van der Waals surface area (Å²) in [7, 11) is 1.60. The highest BCUT2D eigenvalue weighted by Crippen LogP contribution is 2.38. The van der Waals surface area contributed by atoms with Crippen molar-refractivity contribution in [1.82, 2.24) is 30.6 Å². The number of H-pyrrole nitrogens is 1. The Morgan fingerprint density at radius 2 is 2.41 bits per heavy atom. The number of amidine groups is 1. The van der Waals surface area contributed by atoms with Crippen molar-refractivity contribution in [3.8, 4) is 0 Å². The number of hydroxylamine groups is 1. The smallest absolute Gasteiger partial charge is 0.290 e. The summed E-state index contributed by atoms with van der Waals surface area (Å²) in [5.41, 5.74) is 3.29. The Morgan fingerprint density at radius 1 is 1.56 bits per heavy atom. The fourth-order valence-electron chi connectivity index (χ4n) is 2.75. The fraction of sp³-hybridized carbons (Fsp3) is 0.267. The van der Waals surface area contributed by atoms with Crippen LogP contribution in [0.1, 0.15) is 28.7 Å². The number of thioether (sulfide) groups is 1. The standard InChI is InChI=1S/C15H14FN7O3S/c1-23-11(18-19-15(23)24)6-27-14-12(21-26-22-14)13(20-25)17-10-5-8-7(10)3-2-4-9(8)16/h2-4,10,25H,5-6H2,1H3,(H,17,20)(H,19,24). The second-order valence-corrected chi connectivity index (χ2v) is 6.79. The van der Waals surface area contributed by atoms with E-state index in [9.17, 15) is 14.4 Å². The van der Waals surface area contributed by atoms with Crippen LogP contribution in [-0.2, 0) is 19.2 Å². The highest BCUT2D eigenvalue weighted by molar-refractivity contribution is 7.98. The van der Waals surface area contributed by atoms with Crippen LogP contribution in [0.25, 0.3) is 0 Å². The third-order valence-electron chi connectivity index (χ3n) is 4.30. The van der Waals surface area contributed by atoms with Crippen LogP contribution in [0.4, 0.5) is 4.39 Å². The molecule has 0 radical (unpaired) electrons. The maximum atomic E-state index is 13.7. The number of benzene rings is 1. The van der Waals surface area contributed by atoms with E-state index in [1.807, 2.05) is 5.48 Å². The first kappa shape index (κ1) is 17.4. The van der Waals surface area contributed by atoms with Crippen molar-refractivity contribution in [3.05, 3.63) is 57.1 Å². The van der Waals surface area contributed by atoms with E-state index in [1.165, 1.54) is 22.4 Å². The van der Waals surface area contributed by atoms with E-state index in [0.29, 0.717) is 28.6 Å². The molecule has 1 aliphatic carbocycles. The van der Waals surface area contributed by atoms with Crippen LogP contribution in [0, 0.1) is 5.82 Å². The summed E-state index contributed by atoms with van der Waals surface area (Å²) in [6, 6.07) is 4.52. The molecule has 3 N–H and O–H groups in total. The molecule has 0 saturated carbocycles. The average molecular weight is 391 g/mol. The number of nitrogens with zero attached hydrogens (tertiary/aromatic N) is 5. The molecule has 0 aliphatic heterocycles. The van der Waals surface area contributed by atoms with Crippen LogP contribution >= 0.6 is 11.8 Å². The second kappa shape index (κ2) is 6.96. The molecule has 0 spiro atoms. The SMILES string of the molecule is Cn1c(CSc2nonc2C(=NC2Cc3c(F)cccc32)NO)n[nH]c1=O.